The van der Waals surface area contributed by atoms with E-state index in [4.69, 9.17) is 21.1 Å². The van der Waals surface area contributed by atoms with Crippen LogP contribution in [0.1, 0.15) is 25.7 Å². The third-order valence-electron chi connectivity index (χ3n) is 4.40. The van der Waals surface area contributed by atoms with Crippen LogP contribution in [0, 0.1) is 0 Å². The smallest absolute Gasteiger partial charge is 0.405 e. The summed E-state index contributed by atoms with van der Waals surface area (Å²) >= 11 is 7.19. The number of amides is 2. The van der Waals surface area contributed by atoms with Gasteiger partial charge in [-0.3, -0.25) is 9.59 Å². The van der Waals surface area contributed by atoms with Crippen molar-refractivity contribution >= 4 is 34.8 Å². The number of carbonyl (C=O) groups is 2. The standard InChI is InChI=1S/C21H20ClF4N5O4S/c22-18-4-2-14(36-18)10-27-20(33)15-11-31(30-29-15)16-3-1-13(19(32)28-12-21(24,25)26)9-17(16)35-8-7-34-6-5-23/h1-4,9,11H,5-8,10,12H2,(H,27,33)(H,28,32). The van der Waals surface area contributed by atoms with Crippen LogP contribution in [-0.4, -0.2) is 66.0 Å². The number of halogens is 5. The van der Waals surface area contributed by atoms with Crippen molar-refractivity contribution in [1.82, 2.24) is 25.6 Å². The van der Waals surface area contributed by atoms with E-state index in [-0.39, 0.29) is 49.1 Å². The van der Waals surface area contributed by atoms with Gasteiger partial charge in [-0.15, -0.1) is 16.4 Å². The quantitative estimate of drug-likeness (QED) is 0.264. The normalized spacial score (nSPS) is 11.4. The van der Waals surface area contributed by atoms with E-state index in [2.05, 4.69) is 15.6 Å². The van der Waals surface area contributed by atoms with Crippen LogP contribution in [0.25, 0.3) is 5.69 Å². The fourth-order valence-corrected chi connectivity index (χ4v) is 3.83. The van der Waals surface area contributed by atoms with Crippen LogP contribution in [0.5, 0.6) is 5.75 Å². The first-order valence-electron chi connectivity index (χ1n) is 10.4. The summed E-state index contributed by atoms with van der Waals surface area (Å²) in [4.78, 5) is 25.4. The monoisotopic (exact) mass is 549 g/mol. The van der Waals surface area contributed by atoms with E-state index >= 15 is 0 Å². The topological polar surface area (TPSA) is 107 Å². The van der Waals surface area contributed by atoms with Crippen molar-refractivity contribution in [2.75, 3.05) is 33.0 Å². The van der Waals surface area contributed by atoms with Crippen LogP contribution in [0.15, 0.2) is 36.5 Å². The molecule has 36 heavy (non-hydrogen) atoms. The van der Waals surface area contributed by atoms with E-state index in [1.54, 1.807) is 17.4 Å². The van der Waals surface area contributed by atoms with Gasteiger partial charge in [0.2, 0.25) is 0 Å². The SMILES string of the molecule is O=C(NCC(F)(F)F)c1ccc(-n2cc(C(=O)NCc3ccc(Cl)s3)nn2)c(OCCOCCF)c1. The molecule has 0 saturated heterocycles. The van der Waals surface area contributed by atoms with E-state index in [9.17, 15) is 27.2 Å². The summed E-state index contributed by atoms with van der Waals surface area (Å²) in [5, 5.41) is 12.2. The summed E-state index contributed by atoms with van der Waals surface area (Å²) in [5.74, 6) is -1.41. The van der Waals surface area contributed by atoms with E-state index in [0.29, 0.717) is 4.34 Å². The van der Waals surface area contributed by atoms with Crippen LogP contribution in [0.4, 0.5) is 17.6 Å². The number of nitrogens with zero attached hydrogens (tertiary/aromatic N) is 3. The fourth-order valence-electron chi connectivity index (χ4n) is 2.80. The van der Waals surface area contributed by atoms with Gasteiger partial charge < -0.3 is 20.1 Å². The molecule has 3 rings (SSSR count). The van der Waals surface area contributed by atoms with E-state index in [0.717, 1.165) is 4.88 Å². The Hall–Kier alpha value is -3.23. The molecule has 0 aliphatic carbocycles. The van der Waals surface area contributed by atoms with Gasteiger partial charge in [-0.05, 0) is 30.3 Å². The van der Waals surface area contributed by atoms with Crippen molar-refractivity contribution in [1.29, 1.82) is 0 Å². The highest BCUT2D eigenvalue weighted by Crippen LogP contribution is 2.25. The van der Waals surface area contributed by atoms with E-state index in [1.165, 1.54) is 40.4 Å². The molecule has 2 heterocycles. The fraction of sp³-hybridized carbons (Fsp3) is 0.333. The molecule has 0 spiro atoms. The highest BCUT2D eigenvalue weighted by molar-refractivity contribution is 7.16. The molecule has 0 aliphatic heterocycles. The van der Waals surface area contributed by atoms with Crippen LogP contribution >= 0.6 is 22.9 Å². The number of nitrogens with one attached hydrogen (secondary N) is 2. The highest BCUT2D eigenvalue weighted by Gasteiger charge is 2.28. The lowest BCUT2D eigenvalue weighted by atomic mass is 10.1. The first-order chi connectivity index (χ1) is 17.2. The Morgan fingerprint density at radius 2 is 1.89 bits per heavy atom. The van der Waals surface area contributed by atoms with Gasteiger partial charge >= 0.3 is 6.18 Å². The van der Waals surface area contributed by atoms with Crippen molar-refractivity contribution in [2.45, 2.75) is 12.7 Å². The largest absolute Gasteiger partial charge is 0.489 e. The average molecular weight is 550 g/mol. The summed E-state index contributed by atoms with van der Waals surface area (Å²) in [7, 11) is 0. The summed E-state index contributed by atoms with van der Waals surface area (Å²) in [6, 6.07) is 7.36. The second kappa shape index (κ2) is 12.6. The minimum Gasteiger partial charge on any atom is -0.489 e. The van der Waals surface area contributed by atoms with Gasteiger partial charge in [0, 0.05) is 10.4 Å². The third-order valence-corrected chi connectivity index (χ3v) is 5.63. The van der Waals surface area contributed by atoms with Crippen molar-refractivity contribution in [3.05, 3.63) is 57.0 Å². The molecule has 0 saturated carbocycles. The first-order valence-corrected chi connectivity index (χ1v) is 11.6. The Bertz CT molecular complexity index is 1190. The number of thiophene rings is 1. The second-order valence-corrected chi connectivity index (χ2v) is 8.87. The molecule has 2 aromatic heterocycles. The minimum atomic E-state index is -4.57. The van der Waals surface area contributed by atoms with Crippen LogP contribution < -0.4 is 15.4 Å². The average Bonchev–Trinajstić information content (AvgIpc) is 3.49. The molecule has 2 N–H and O–H groups in total. The Morgan fingerprint density at radius 3 is 2.58 bits per heavy atom. The lowest BCUT2D eigenvalue weighted by molar-refractivity contribution is -0.123. The lowest BCUT2D eigenvalue weighted by Crippen LogP contribution is -2.33. The first kappa shape index (κ1) is 27.4. The minimum absolute atomic E-state index is 0.0121. The van der Waals surface area contributed by atoms with Crippen molar-refractivity contribution in [3.8, 4) is 11.4 Å². The van der Waals surface area contributed by atoms with Gasteiger partial charge in [0.05, 0.1) is 30.3 Å². The Kier molecular flexibility index (Phi) is 9.61. The molecule has 2 amide bonds. The second-order valence-electron chi connectivity index (χ2n) is 7.07. The molecule has 0 bridgehead atoms. The zero-order chi connectivity index (χ0) is 26.1. The molecule has 1 aromatic carbocycles. The molecule has 0 unspecified atom stereocenters. The molecule has 0 atom stereocenters. The van der Waals surface area contributed by atoms with Crippen LogP contribution in [0.2, 0.25) is 4.34 Å². The predicted molar refractivity (Wildman–Crippen MR) is 123 cm³/mol. The van der Waals surface area contributed by atoms with E-state index < -0.39 is 31.2 Å². The number of benzene rings is 1. The maximum atomic E-state index is 12.4. The van der Waals surface area contributed by atoms with Crippen LogP contribution in [0.3, 0.4) is 0 Å². The van der Waals surface area contributed by atoms with Gasteiger partial charge in [0.25, 0.3) is 11.8 Å². The van der Waals surface area contributed by atoms with Gasteiger partial charge in [0.15, 0.2) is 5.69 Å². The molecule has 3 aromatic rings. The summed E-state index contributed by atoms with van der Waals surface area (Å²) < 4.78 is 62.0. The molecular weight excluding hydrogens is 530 g/mol. The summed E-state index contributed by atoms with van der Waals surface area (Å²) in [5.41, 5.74) is 0.140. The van der Waals surface area contributed by atoms with Crippen LogP contribution in [-0.2, 0) is 11.3 Å². The van der Waals surface area contributed by atoms with Crippen molar-refractivity contribution < 1.29 is 36.6 Å². The highest BCUT2D eigenvalue weighted by atomic mass is 35.5. The molecular formula is C21H20ClF4N5O4S. The van der Waals surface area contributed by atoms with Gasteiger partial charge in [-0.25, -0.2) is 9.07 Å². The molecule has 9 nitrogen and oxygen atoms in total. The number of hydrogen-bond donors (Lipinski definition) is 2. The molecule has 194 valence electrons. The molecule has 0 aliphatic rings. The summed E-state index contributed by atoms with van der Waals surface area (Å²) in [6.45, 7) is -2.10. The number of rotatable bonds is 12. The number of ether oxygens (including phenoxy) is 2. The zero-order valence-corrected chi connectivity index (χ0v) is 20.1. The van der Waals surface area contributed by atoms with Gasteiger partial charge in [-0.2, -0.15) is 13.2 Å². The maximum absolute atomic E-state index is 12.4. The Morgan fingerprint density at radius 1 is 1.08 bits per heavy atom. The van der Waals surface area contributed by atoms with Gasteiger partial charge in [-0.1, -0.05) is 16.8 Å². The molecule has 0 fully saturated rings. The van der Waals surface area contributed by atoms with Gasteiger partial charge in [0.1, 0.15) is 31.3 Å². The van der Waals surface area contributed by atoms with Crippen molar-refractivity contribution in [3.63, 3.8) is 0 Å². The van der Waals surface area contributed by atoms with E-state index in [1.807, 2.05) is 0 Å². The third kappa shape index (κ3) is 8.17. The zero-order valence-electron chi connectivity index (χ0n) is 18.5. The number of carbonyl (C=O) groups excluding carboxylic acids is 2. The molecule has 15 heteroatoms. The number of hydrogen-bond acceptors (Lipinski definition) is 7. The Balaban J connectivity index is 1.75. The summed E-state index contributed by atoms with van der Waals surface area (Å²) in [6.07, 6.45) is -3.25. The molecule has 0 radical (unpaired) electrons. The van der Waals surface area contributed by atoms with Crippen molar-refractivity contribution in [2.24, 2.45) is 0 Å². The lowest BCUT2D eigenvalue weighted by Gasteiger charge is -2.14. The maximum Gasteiger partial charge on any atom is 0.405 e. The number of alkyl halides is 4. The Labute approximate surface area is 211 Å². The predicted octanol–water partition coefficient (Wildman–Crippen LogP) is 3.57. The number of aromatic nitrogens is 3.